The molecule has 0 saturated heterocycles. The third-order valence-corrected chi connectivity index (χ3v) is 8.89. The molecule has 0 bridgehead atoms. The summed E-state index contributed by atoms with van der Waals surface area (Å²) in [6, 6.07) is 10.4. The van der Waals surface area contributed by atoms with Crippen LogP contribution in [0.1, 0.15) is 22.8 Å². The fourth-order valence-electron chi connectivity index (χ4n) is 4.01. The molecule has 6 aromatic rings. The Hall–Kier alpha value is -3.32. The molecule has 0 aliphatic carbocycles. The topological polar surface area (TPSA) is 99.4 Å². The van der Waals surface area contributed by atoms with Gasteiger partial charge in [-0.15, -0.1) is 32.9 Å². The second-order valence-corrected chi connectivity index (χ2v) is 11.4. The standard InChI is InChI=1S/C24H18ClN7O2S3/c1-13-10-35-22-26-17(7-19(33)31(13)22)9-30-21(15-3-5-16(25)6-4-15)28-29-24(30)37-12-18-8-20(34)32-14(2)11-36-23(32)27-18/h3-8,10-11H,9,12H2,1-2H3. The Balaban J connectivity index is 1.38. The quantitative estimate of drug-likeness (QED) is 0.269. The molecule has 0 fully saturated rings. The van der Waals surface area contributed by atoms with E-state index in [1.807, 2.05) is 41.3 Å². The minimum absolute atomic E-state index is 0.105. The number of hydrogen-bond acceptors (Lipinski definition) is 9. The third-order valence-electron chi connectivity index (χ3n) is 5.75. The van der Waals surface area contributed by atoms with E-state index in [0.29, 0.717) is 49.6 Å². The van der Waals surface area contributed by atoms with Crippen molar-refractivity contribution in [1.29, 1.82) is 0 Å². The molecule has 0 aliphatic rings. The van der Waals surface area contributed by atoms with Crippen molar-refractivity contribution in [3.05, 3.63) is 95.7 Å². The zero-order chi connectivity index (χ0) is 25.7. The number of aryl methyl sites for hydroxylation is 2. The number of aromatic nitrogens is 7. The van der Waals surface area contributed by atoms with Gasteiger partial charge in [-0.2, -0.15) is 0 Å². The van der Waals surface area contributed by atoms with Crippen LogP contribution in [0.4, 0.5) is 0 Å². The van der Waals surface area contributed by atoms with Crippen molar-refractivity contribution in [2.75, 3.05) is 0 Å². The van der Waals surface area contributed by atoms with E-state index in [4.69, 9.17) is 16.6 Å². The zero-order valence-electron chi connectivity index (χ0n) is 19.6. The number of thiazole rings is 2. The second kappa shape index (κ2) is 9.53. The van der Waals surface area contributed by atoms with E-state index < -0.39 is 0 Å². The van der Waals surface area contributed by atoms with Gasteiger partial charge >= 0.3 is 0 Å². The first-order valence-corrected chi connectivity index (χ1v) is 14.2. The van der Waals surface area contributed by atoms with Crippen molar-refractivity contribution in [2.45, 2.75) is 31.3 Å². The van der Waals surface area contributed by atoms with Crippen LogP contribution >= 0.6 is 46.0 Å². The van der Waals surface area contributed by atoms with Crippen LogP contribution in [-0.4, -0.2) is 33.5 Å². The van der Waals surface area contributed by atoms with Crippen LogP contribution in [0.3, 0.4) is 0 Å². The Labute approximate surface area is 227 Å². The summed E-state index contributed by atoms with van der Waals surface area (Å²) in [5, 5.41) is 13.9. The van der Waals surface area contributed by atoms with Crippen LogP contribution in [0.5, 0.6) is 0 Å². The molecule has 6 rings (SSSR count). The molecule has 13 heteroatoms. The smallest absolute Gasteiger partial charge is 0.259 e. The van der Waals surface area contributed by atoms with Gasteiger partial charge in [0.25, 0.3) is 11.1 Å². The number of hydrogen-bond donors (Lipinski definition) is 0. The summed E-state index contributed by atoms with van der Waals surface area (Å²) in [7, 11) is 0. The molecule has 1 aromatic carbocycles. The van der Waals surface area contributed by atoms with Crippen LogP contribution in [0.2, 0.25) is 5.02 Å². The van der Waals surface area contributed by atoms with Crippen LogP contribution < -0.4 is 11.1 Å². The molecule has 0 radical (unpaired) electrons. The lowest BCUT2D eigenvalue weighted by Gasteiger charge is -2.10. The van der Waals surface area contributed by atoms with Gasteiger partial charge in [0, 0.05) is 50.6 Å². The van der Waals surface area contributed by atoms with E-state index in [9.17, 15) is 9.59 Å². The number of fused-ring (bicyclic) bond motifs is 2. The molecule has 186 valence electrons. The molecule has 0 N–H and O–H groups in total. The number of rotatable bonds is 6. The Morgan fingerprint density at radius 2 is 1.46 bits per heavy atom. The lowest BCUT2D eigenvalue weighted by molar-refractivity contribution is 0.697. The van der Waals surface area contributed by atoms with Crippen molar-refractivity contribution in [2.24, 2.45) is 0 Å². The average Bonchev–Trinajstić information content (AvgIpc) is 3.56. The van der Waals surface area contributed by atoms with Gasteiger partial charge in [-0.25, -0.2) is 9.97 Å². The molecule has 9 nitrogen and oxygen atoms in total. The van der Waals surface area contributed by atoms with E-state index in [1.165, 1.54) is 34.4 Å². The monoisotopic (exact) mass is 567 g/mol. The SMILES string of the molecule is Cc1csc2nc(CSc3nnc(-c4ccc(Cl)cc4)n3Cc3cc(=O)n4c(C)csc4n3)cc(=O)n12. The zero-order valence-corrected chi connectivity index (χ0v) is 22.8. The number of halogens is 1. The second-order valence-electron chi connectivity index (χ2n) is 8.35. The van der Waals surface area contributed by atoms with Gasteiger partial charge in [-0.1, -0.05) is 23.4 Å². The largest absolute Gasteiger partial charge is 0.296 e. The fraction of sp³-hybridized carbons (Fsp3) is 0.167. The van der Waals surface area contributed by atoms with Crippen molar-refractivity contribution in [3.63, 3.8) is 0 Å². The Bertz CT molecular complexity index is 1900. The molecule has 0 unspecified atom stereocenters. The van der Waals surface area contributed by atoms with Crippen molar-refractivity contribution >= 4 is 56.0 Å². The van der Waals surface area contributed by atoms with Gasteiger partial charge in [-0.3, -0.25) is 23.0 Å². The predicted octanol–water partition coefficient (Wildman–Crippen LogP) is 4.69. The molecule has 0 aliphatic heterocycles. The van der Waals surface area contributed by atoms with E-state index in [2.05, 4.69) is 15.2 Å². The van der Waals surface area contributed by atoms with Gasteiger partial charge < -0.3 is 0 Å². The van der Waals surface area contributed by atoms with Crippen LogP contribution in [0, 0.1) is 13.8 Å². The summed E-state index contributed by atoms with van der Waals surface area (Å²) in [5.74, 6) is 1.06. The first-order valence-electron chi connectivity index (χ1n) is 11.1. The number of benzene rings is 1. The van der Waals surface area contributed by atoms with Crippen LogP contribution in [0.25, 0.3) is 21.3 Å². The molecule has 0 saturated carbocycles. The maximum Gasteiger partial charge on any atom is 0.259 e. The van der Waals surface area contributed by atoms with Crippen molar-refractivity contribution < 1.29 is 0 Å². The molecular weight excluding hydrogens is 550 g/mol. The van der Waals surface area contributed by atoms with Gasteiger partial charge in [0.1, 0.15) is 0 Å². The molecule has 5 heterocycles. The fourth-order valence-corrected chi connectivity index (χ4v) is 6.75. The molecule has 37 heavy (non-hydrogen) atoms. The Kier molecular flexibility index (Phi) is 6.19. The first-order chi connectivity index (χ1) is 17.9. The van der Waals surface area contributed by atoms with E-state index in [-0.39, 0.29) is 11.1 Å². The summed E-state index contributed by atoms with van der Waals surface area (Å²) in [6.45, 7) is 4.07. The lowest BCUT2D eigenvalue weighted by Crippen LogP contribution is -2.17. The summed E-state index contributed by atoms with van der Waals surface area (Å²) in [6.07, 6.45) is 0. The Morgan fingerprint density at radius 3 is 2.11 bits per heavy atom. The highest BCUT2D eigenvalue weighted by molar-refractivity contribution is 7.98. The first kappa shape index (κ1) is 24.0. The molecule has 0 atom stereocenters. The Morgan fingerprint density at radius 1 is 0.865 bits per heavy atom. The summed E-state index contributed by atoms with van der Waals surface area (Å²) in [5.41, 5.74) is 3.59. The molecular formula is C24H18ClN7O2S3. The van der Waals surface area contributed by atoms with Crippen LogP contribution in [0.15, 0.2) is 61.9 Å². The molecule has 0 amide bonds. The minimum Gasteiger partial charge on any atom is -0.296 e. The highest BCUT2D eigenvalue weighted by atomic mass is 35.5. The third kappa shape index (κ3) is 4.50. The van der Waals surface area contributed by atoms with E-state index >= 15 is 0 Å². The maximum absolute atomic E-state index is 12.8. The van der Waals surface area contributed by atoms with Gasteiger partial charge in [0.2, 0.25) is 0 Å². The molecule has 5 aromatic heterocycles. The van der Waals surface area contributed by atoms with E-state index in [0.717, 1.165) is 17.0 Å². The molecule has 0 spiro atoms. The van der Waals surface area contributed by atoms with Gasteiger partial charge in [-0.05, 0) is 38.1 Å². The highest BCUT2D eigenvalue weighted by Gasteiger charge is 2.18. The average molecular weight is 568 g/mol. The number of thioether (sulfide) groups is 1. The lowest BCUT2D eigenvalue weighted by atomic mass is 10.2. The summed E-state index contributed by atoms with van der Waals surface area (Å²) < 4.78 is 5.13. The predicted molar refractivity (Wildman–Crippen MR) is 147 cm³/mol. The summed E-state index contributed by atoms with van der Waals surface area (Å²) in [4.78, 5) is 36.0. The van der Waals surface area contributed by atoms with Gasteiger partial charge in [0.15, 0.2) is 20.9 Å². The van der Waals surface area contributed by atoms with E-state index in [1.54, 1.807) is 33.1 Å². The minimum atomic E-state index is -0.127. The summed E-state index contributed by atoms with van der Waals surface area (Å²) >= 11 is 10.4. The highest BCUT2D eigenvalue weighted by Crippen LogP contribution is 2.28. The maximum atomic E-state index is 12.8. The number of nitrogens with zero attached hydrogens (tertiary/aromatic N) is 7. The van der Waals surface area contributed by atoms with Crippen molar-refractivity contribution in [1.82, 2.24) is 33.5 Å². The van der Waals surface area contributed by atoms with Crippen LogP contribution in [-0.2, 0) is 12.3 Å². The van der Waals surface area contributed by atoms with Gasteiger partial charge in [0.05, 0.1) is 17.9 Å². The van der Waals surface area contributed by atoms with Crippen molar-refractivity contribution in [3.8, 4) is 11.4 Å². The normalized spacial score (nSPS) is 11.6.